The minimum atomic E-state index is -0.658. The zero-order chi connectivity index (χ0) is 18.8. The second-order valence-electron chi connectivity index (χ2n) is 5.79. The number of nitrogens with two attached hydrogens (primary N) is 1. The largest absolute Gasteiger partial charge is 0.368 e. The van der Waals surface area contributed by atoms with Crippen molar-refractivity contribution in [2.75, 3.05) is 16.4 Å². The van der Waals surface area contributed by atoms with Crippen molar-refractivity contribution in [3.05, 3.63) is 47.2 Å². The van der Waals surface area contributed by atoms with E-state index in [1.165, 1.54) is 12.1 Å². The van der Waals surface area contributed by atoms with Crippen molar-refractivity contribution < 1.29 is 8.78 Å². The van der Waals surface area contributed by atoms with E-state index >= 15 is 0 Å². The van der Waals surface area contributed by atoms with Gasteiger partial charge in [0.15, 0.2) is 5.82 Å². The molecule has 0 bridgehead atoms. The highest BCUT2D eigenvalue weighted by Gasteiger charge is 2.14. The Hall–Kier alpha value is -3.30. The molecule has 0 spiro atoms. The normalized spacial score (nSPS) is 12.0. The van der Waals surface area contributed by atoms with Gasteiger partial charge in [-0.25, -0.2) is 8.78 Å². The van der Waals surface area contributed by atoms with Crippen LogP contribution in [0.25, 0.3) is 0 Å². The van der Waals surface area contributed by atoms with Crippen molar-refractivity contribution in [2.24, 2.45) is 7.05 Å². The molecule has 2 aromatic heterocycles. The molecule has 4 N–H and O–H groups in total. The van der Waals surface area contributed by atoms with Gasteiger partial charge in [0.25, 0.3) is 0 Å². The number of halogens is 2. The number of hydrogen-bond acceptors (Lipinski definition) is 7. The fourth-order valence-corrected chi connectivity index (χ4v) is 2.37. The van der Waals surface area contributed by atoms with Crippen LogP contribution in [0.3, 0.4) is 0 Å². The molecule has 8 nitrogen and oxygen atoms in total. The van der Waals surface area contributed by atoms with E-state index in [9.17, 15) is 8.78 Å². The van der Waals surface area contributed by atoms with E-state index in [2.05, 4.69) is 30.7 Å². The zero-order valence-corrected chi connectivity index (χ0v) is 14.5. The summed E-state index contributed by atoms with van der Waals surface area (Å²) in [5.41, 5.74) is 6.95. The first-order valence-electron chi connectivity index (χ1n) is 7.82. The minimum absolute atomic E-state index is 0.00979. The van der Waals surface area contributed by atoms with E-state index in [0.29, 0.717) is 5.82 Å². The second-order valence-corrected chi connectivity index (χ2v) is 5.79. The lowest BCUT2D eigenvalue weighted by atomic mass is 10.1. The lowest BCUT2D eigenvalue weighted by molar-refractivity contribution is 0.566. The van der Waals surface area contributed by atoms with Gasteiger partial charge in [-0.3, -0.25) is 4.68 Å². The fraction of sp³-hybridized carbons (Fsp3) is 0.250. The van der Waals surface area contributed by atoms with E-state index in [-0.39, 0.29) is 23.4 Å². The van der Waals surface area contributed by atoms with Crippen LogP contribution in [-0.2, 0) is 7.05 Å². The molecule has 0 aliphatic heterocycles. The monoisotopic (exact) mass is 360 g/mol. The molecule has 1 unspecified atom stereocenters. The highest BCUT2D eigenvalue weighted by molar-refractivity contribution is 5.51. The predicted molar refractivity (Wildman–Crippen MR) is 93.9 cm³/mol. The van der Waals surface area contributed by atoms with Gasteiger partial charge in [-0.15, -0.1) is 0 Å². The average molecular weight is 360 g/mol. The van der Waals surface area contributed by atoms with Crippen molar-refractivity contribution in [2.45, 2.75) is 19.9 Å². The molecule has 1 aromatic carbocycles. The third-order valence-corrected chi connectivity index (χ3v) is 3.78. The van der Waals surface area contributed by atoms with E-state index in [4.69, 9.17) is 5.73 Å². The molecule has 1 atom stereocenters. The first kappa shape index (κ1) is 17.5. The highest BCUT2D eigenvalue weighted by Crippen LogP contribution is 2.22. The lowest BCUT2D eigenvalue weighted by Crippen LogP contribution is -2.14. The summed E-state index contributed by atoms with van der Waals surface area (Å²) in [6.45, 7) is 3.61. The first-order valence-corrected chi connectivity index (χ1v) is 7.82. The molecule has 3 aromatic rings. The standard InChI is InChI=1S/C16H18F2N8/c1-8-6-13(25-26(8)3)21-16-23-14(19)22-15(24-16)20-9(2)11-5-4-10(17)7-12(11)18/h4-7,9H,1-3H3,(H4,19,20,21,22,23,24,25). The summed E-state index contributed by atoms with van der Waals surface area (Å²) in [6.07, 6.45) is 0. The van der Waals surface area contributed by atoms with Gasteiger partial charge in [0, 0.05) is 30.4 Å². The Morgan fingerprint density at radius 1 is 1.12 bits per heavy atom. The third-order valence-electron chi connectivity index (χ3n) is 3.78. The molecule has 0 saturated carbocycles. The van der Waals surface area contributed by atoms with Crippen molar-refractivity contribution in [1.29, 1.82) is 0 Å². The van der Waals surface area contributed by atoms with Gasteiger partial charge in [-0.2, -0.15) is 20.1 Å². The summed E-state index contributed by atoms with van der Waals surface area (Å²) >= 11 is 0. The van der Waals surface area contributed by atoms with E-state index < -0.39 is 17.7 Å². The number of nitrogens with one attached hydrogen (secondary N) is 2. The summed E-state index contributed by atoms with van der Waals surface area (Å²) in [7, 11) is 1.81. The van der Waals surface area contributed by atoms with Gasteiger partial charge in [0.05, 0.1) is 6.04 Å². The Kier molecular flexibility index (Phi) is 4.65. The Labute approximate surface area is 148 Å². The van der Waals surface area contributed by atoms with Crippen LogP contribution in [0.15, 0.2) is 24.3 Å². The smallest absolute Gasteiger partial charge is 0.235 e. The van der Waals surface area contributed by atoms with Crippen LogP contribution in [0, 0.1) is 18.6 Å². The maximum absolute atomic E-state index is 13.9. The molecule has 0 fully saturated rings. The molecular formula is C16H18F2N8. The van der Waals surface area contributed by atoms with Crippen molar-refractivity contribution >= 4 is 23.7 Å². The third kappa shape index (κ3) is 3.85. The Balaban J connectivity index is 1.80. The number of hydrogen-bond donors (Lipinski definition) is 3. The van der Waals surface area contributed by atoms with Crippen LogP contribution < -0.4 is 16.4 Å². The Morgan fingerprint density at radius 2 is 1.85 bits per heavy atom. The zero-order valence-electron chi connectivity index (χ0n) is 14.5. The Morgan fingerprint density at radius 3 is 2.50 bits per heavy atom. The second kappa shape index (κ2) is 6.90. The van der Waals surface area contributed by atoms with E-state index in [1.54, 1.807) is 11.6 Å². The lowest BCUT2D eigenvalue weighted by Gasteiger charge is -2.15. The van der Waals surface area contributed by atoms with Gasteiger partial charge in [0.2, 0.25) is 17.8 Å². The Bertz CT molecular complexity index is 920. The molecule has 0 saturated heterocycles. The van der Waals surface area contributed by atoms with Crippen LogP contribution in [0.1, 0.15) is 24.2 Å². The van der Waals surface area contributed by atoms with Crippen LogP contribution in [0.4, 0.5) is 32.4 Å². The van der Waals surface area contributed by atoms with Gasteiger partial charge >= 0.3 is 0 Å². The van der Waals surface area contributed by atoms with Crippen LogP contribution in [0.5, 0.6) is 0 Å². The molecule has 136 valence electrons. The average Bonchev–Trinajstić information content (AvgIpc) is 2.84. The number of aromatic nitrogens is 5. The molecule has 10 heteroatoms. The molecule has 0 amide bonds. The van der Waals surface area contributed by atoms with Gasteiger partial charge in [-0.1, -0.05) is 6.07 Å². The topological polar surface area (TPSA) is 107 Å². The number of anilines is 4. The van der Waals surface area contributed by atoms with Crippen molar-refractivity contribution in [3.63, 3.8) is 0 Å². The summed E-state index contributed by atoms with van der Waals surface area (Å²) in [4.78, 5) is 12.2. The maximum atomic E-state index is 13.9. The fourth-order valence-electron chi connectivity index (χ4n) is 2.37. The number of aryl methyl sites for hydroxylation is 2. The molecule has 26 heavy (non-hydrogen) atoms. The molecular weight excluding hydrogens is 342 g/mol. The summed E-state index contributed by atoms with van der Waals surface area (Å²) in [6, 6.07) is 4.69. The summed E-state index contributed by atoms with van der Waals surface area (Å²) in [5.74, 6) is -0.397. The molecule has 0 aliphatic rings. The molecule has 0 aliphatic carbocycles. The number of nitrogens with zero attached hydrogens (tertiary/aromatic N) is 5. The minimum Gasteiger partial charge on any atom is -0.368 e. The molecule has 2 heterocycles. The van der Waals surface area contributed by atoms with Crippen molar-refractivity contribution in [3.8, 4) is 0 Å². The summed E-state index contributed by atoms with van der Waals surface area (Å²) < 4.78 is 28.7. The van der Waals surface area contributed by atoms with Gasteiger partial charge in [-0.05, 0) is 19.9 Å². The van der Waals surface area contributed by atoms with Crippen LogP contribution in [0.2, 0.25) is 0 Å². The van der Waals surface area contributed by atoms with E-state index in [1.807, 2.05) is 20.0 Å². The van der Waals surface area contributed by atoms with Gasteiger partial charge in [0.1, 0.15) is 11.6 Å². The van der Waals surface area contributed by atoms with E-state index in [0.717, 1.165) is 11.8 Å². The molecule has 3 rings (SSSR count). The maximum Gasteiger partial charge on any atom is 0.235 e. The first-order chi connectivity index (χ1) is 12.3. The van der Waals surface area contributed by atoms with Crippen LogP contribution in [-0.4, -0.2) is 24.7 Å². The molecule has 0 radical (unpaired) electrons. The van der Waals surface area contributed by atoms with Gasteiger partial charge < -0.3 is 16.4 Å². The number of rotatable bonds is 5. The highest BCUT2D eigenvalue weighted by atomic mass is 19.1. The SMILES string of the molecule is Cc1cc(Nc2nc(N)nc(NC(C)c3ccc(F)cc3F)n2)nn1C. The predicted octanol–water partition coefficient (Wildman–Crippen LogP) is 2.69. The van der Waals surface area contributed by atoms with Crippen LogP contribution >= 0.6 is 0 Å². The number of benzene rings is 1. The summed E-state index contributed by atoms with van der Waals surface area (Å²) in [5, 5.41) is 10.1. The van der Waals surface area contributed by atoms with Crippen molar-refractivity contribution in [1.82, 2.24) is 24.7 Å². The number of nitrogen functional groups attached to an aromatic ring is 1. The quantitative estimate of drug-likeness (QED) is 0.642.